The number of aromatic nitrogens is 1. The molecule has 0 radical (unpaired) electrons. The van der Waals surface area contributed by atoms with Crippen LogP contribution in [0.25, 0.3) is 0 Å². The van der Waals surface area contributed by atoms with Crippen LogP contribution in [0.2, 0.25) is 5.02 Å². The minimum Gasteiger partial charge on any atom is -0.384 e. The minimum atomic E-state index is -0.427. The van der Waals surface area contributed by atoms with Gasteiger partial charge in [-0.15, -0.1) is 0 Å². The van der Waals surface area contributed by atoms with Crippen molar-refractivity contribution >= 4 is 28.7 Å². The van der Waals surface area contributed by atoms with Gasteiger partial charge >= 0.3 is 0 Å². The fraction of sp³-hybridized carbons (Fsp3) is 0.214. The molecule has 2 N–H and O–H groups in total. The van der Waals surface area contributed by atoms with E-state index in [4.69, 9.17) is 11.6 Å². The second-order valence-corrected chi connectivity index (χ2v) is 4.55. The van der Waals surface area contributed by atoms with Crippen molar-refractivity contribution in [2.45, 2.75) is 13.3 Å². The molecule has 0 bridgehead atoms. The Labute approximate surface area is 116 Å². The van der Waals surface area contributed by atoms with Crippen LogP contribution in [-0.2, 0) is 0 Å². The predicted molar refractivity (Wildman–Crippen MR) is 77.7 cm³/mol. The van der Waals surface area contributed by atoms with Gasteiger partial charge in [-0.2, -0.15) is 0 Å². The Balaban J connectivity index is 2.11. The zero-order chi connectivity index (χ0) is 13.7. The van der Waals surface area contributed by atoms with Gasteiger partial charge in [-0.3, -0.25) is 4.98 Å². The van der Waals surface area contributed by atoms with E-state index in [1.165, 1.54) is 6.07 Å². The Hall–Kier alpha value is -1.81. The highest BCUT2D eigenvalue weighted by atomic mass is 35.5. The molecule has 0 aliphatic heterocycles. The SMILES string of the molecule is CCCNc1cncc(Nc2ccc(F)c(Cl)c2)c1. The lowest BCUT2D eigenvalue weighted by molar-refractivity contribution is 0.628. The molecule has 0 unspecified atom stereocenters. The molecule has 2 rings (SSSR count). The van der Waals surface area contributed by atoms with Gasteiger partial charge in [-0.05, 0) is 30.7 Å². The molecule has 0 aliphatic carbocycles. The van der Waals surface area contributed by atoms with Crippen LogP contribution in [0.4, 0.5) is 21.5 Å². The molecular formula is C14H15ClFN3. The zero-order valence-corrected chi connectivity index (χ0v) is 11.3. The van der Waals surface area contributed by atoms with Crippen molar-refractivity contribution in [3.05, 3.63) is 47.5 Å². The van der Waals surface area contributed by atoms with Crippen molar-refractivity contribution in [3.8, 4) is 0 Å². The first-order valence-electron chi connectivity index (χ1n) is 6.10. The van der Waals surface area contributed by atoms with Crippen molar-refractivity contribution in [2.24, 2.45) is 0 Å². The summed E-state index contributed by atoms with van der Waals surface area (Å²) in [5.74, 6) is -0.427. The van der Waals surface area contributed by atoms with Gasteiger partial charge in [0, 0.05) is 12.2 Å². The van der Waals surface area contributed by atoms with Gasteiger partial charge in [0.2, 0.25) is 0 Å². The first kappa shape index (κ1) is 13.6. The molecule has 0 aliphatic rings. The molecule has 0 atom stereocenters. The van der Waals surface area contributed by atoms with Crippen molar-refractivity contribution in [2.75, 3.05) is 17.2 Å². The quantitative estimate of drug-likeness (QED) is 0.849. The number of benzene rings is 1. The molecule has 0 saturated carbocycles. The van der Waals surface area contributed by atoms with Crippen molar-refractivity contribution < 1.29 is 4.39 Å². The van der Waals surface area contributed by atoms with Crippen LogP contribution in [0, 0.1) is 5.82 Å². The van der Waals surface area contributed by atoms with Gasteiger partial charge in [0.1, 0.15) is 5.82 Å². The van der Waals surface area contributed by atoms with Crippen LogP contribution < -0.4 is 10.6 Å². The lowest BCUT2D eigenvalue weighted by Gasteiger charge is -2.09. The number of hydrogen-bond donors (Lipinski definition) is 2. The molecule has 100 valence electrons. The van der Waals surface area contributed by atoms with E-state index in [0.717, 1.165) is 30.0 Å². The van der Waals surface area contributed by atoms with Crippen LogP contribution in [0.15, 0.2) is 36.7 Å². The number of nitrogens with zero attached hydrogens (tertiary/aromatic N) is 1. The highest BCUT2D eigenvalue weighted by molar-refractivity contribution is 6.31. The van der Waals surface area contributed by atoms with E-state index in [9.17, 15) is 4.39 Å². The highest BCUT2D eigenvalue weighted by Gasteiger charge is 2.02. The summed E-state index contributed by atoms with van der Waals surface area (Å²) < 4.78 is 13.1. The molecule has 1 aromatic carbocycles. The molecule has 0 amide bonds. The highest BCUT2D eigenvalue weighted by Crippen LogP contribution is 2.23. The average molecular weight is 280 g/mol. The standard InChI is InChI=1S/C14H15ClFN3/c1-2-5-18-11-6-12(9-17-8-11)19-10-3-4-14(16)13(15)7-10/h3-4,6-9,18-19H,2,5H2,1H3. The number of nitrogens with one attached hydrogen (secondary N) is 2. The van der Waals surface area contributed by atoms with Crippen LogP contribution in [-0.4, -0.2) is 11.5 Å². The van der Waals surface area contributed by atoms with E-state index in [1.54, 1.807) is 24.5 Å². The summed E-state index contributed by atoms with van der Waals surface area (Å²) in [4.78, 5) is 4.14. The smallest absolute Gasteiger partial charge is 0.141 e. The molecular weight excluding hydrogens is 265 g/mol. The summed E-state index contributed by atoms with van der Waals surface area (Å²) in [6, 6.07) is 6.45. The monoisotopic (exact) mass is 279 g/mol. The molecule has 0 saturated heterocycles. The summed E-state index contributed by atoms with van der Waals surface area (Å²) in [6.07, 6.45) is 4.51. The number of anilines is 3. The van der Waals surface area contributed by atoms with Gasteiger partial charge in [-0.1, -0.05) is 18.5 Å². The van der Waals surface area contributed by atoms with Crippen LogP contribution in [0.3, 0.4) is 0 Å². The third-order valence-electron chi connectivity index (χ3n) is 2.53. The Morgan fingerprint density at radius 3 is 2.68 bits per heavy atom. The molecule has 0 spiro atoms. The fourth-order valence-corrected chi connectivity index (χ4v) is 1.80. The first-order chi connectivity index (χ1) is 9.19. The summed E-state index contributed by atoms with van der Waals surface area (Å²) in [5, 5.41) is 6.48. The summed E-state index contributed by atoms with van der Waals surface area (Å²) in [6.45, 7) is 3.00. The molecule has 19 heavy (non-hydrogen) atoms. The third-order valence-corrected chi connectivity index (χ3v) is 2.82. The maximum Gasteiger partial charge on any atom is 0.141 e. The van der Waals surface area contributed by atoms with Crippen LogP contribution in [0.5, 0.6) is 0 Å². The van der Waals surface area contributed by atoms with Gasteiger partial charge in [0.15, 0.2) is 0 Å². The number of rotatable bonds is 5. The Kier molecular flexibility index (Phi) is 4.58. The second kappa shape index (κ2) is 6.38. The predicted octanol–water partition coefficient (Wildman–Crippen LogP) is 4.44. The van der Waals surface area contributed by atoms with Crippen molar-refractivity contribution in [1.82, 2.24) is 4.98 Å². The summed E-state index contributed by atoms with van der Waals surface area (Å²) in [5.41, 5.74) is 2.49. The average Bonchev–Trinajstić information content (AvgIpc) is 2.41. The fourth-order valence-electron chi connectivity index (χ4n) is 1.61. The number of pyridine rings is 1. The summed E-state index contributed by atoms with van der Waals surface area (Å²) in [7, 11) is 0. The molecule has 0 fully saturated rings. The topological polar surface area (TPSA) is 37.0 Å². The number of hydrogen-bond acceptors (Lipinski definition) is 3. The van der Waals surface area contributed by atoms with E-state index in [-0.39, 0.29) is 5.02 Å². The van der Waals surface area contributed by atoms with Gasteiger partial charge in [0.25, 0.3) is 0 Å². The number of halogens is 2. The maximum atomic E-state index is 13.1. The van der Waals surface area contributed by atoms with Gasteiger partial charge in [-0.25, -0.2) is 4.39 Å². The van der Waals surface area contributed by atoms with Crippen LogP contribution in [0.1, 0.15) is 13.3 Å². The summed E-state index contributed by atoms with van der Waals surface area (Å²) >= 11 is 5.74. The van der Waals surface area contributed by atoms with E-state index in [2.05, 4.69) is 22.5 Å². The largest absolute Gasteiger partial charge is 0.384 e. The van der Waals surface area contributed by atoms with E-state index in [0.29, 0.717) is 0 Å². The van der Waals surface area contributed by atoms with Gasteiger partial charge in [0.05, 0.1) is 28.8 Å². The van der Waals surface area contributed by atoms with Crippen LogP contribution >= 0.6 is 11.6 Å². The Morgan fingerprint density at radius 1 is 1.16 bits per heavy atom. The van der Waals surface area contributed by atoms with Gasteiger partial charge < -0.3 is 10.6 Å². The molecule has 1 heterocycles. The van der Waals surface area contributed by atoms with Crippen molar-refractivity contribution in [3.63, 3.8) is 0 Å². The normalized spacial score (nSPS) is 10.3. The molecule has 5 heteroatoms. The third kappa shape index (κ3) is 3.83. The van der Waals surface area contributed by atoms with E-state index < -0.39 is 5.82 Å². The maximum absolute atomic E-state index is 13.1. The zero-order valence-electron chi connectivity index (χ0n) is 10.6. The lowest BCUT2D eigenvalue weighted by Crippen LogP contribution is -2.01. The molecule has 1 aromatic heterocycles. The van der Waals surface area contributed by atoms with Crippen molar-refractivity contribution in [1.29, 1.82) is 0 Å². The second-order valence-electron chi connectivity index (χ2n) is 4.14. The molecule has 2 aromatic rings. The molecule has 3 nitrogen and oxygen atoms in total. The van der Waals surface area contributed by atoms with E-state index >= 15 is 0 Å². The minimum absolute atomic E-state index is 0.0956. The Morgan fingerprint density at radius 2 is 1.95 bits per heavy atom. The first-order valence-corrected chi connectivity index (χ1v) is 6.48. The lowest BCUT2D eigenvalue weighted by atomic mass is 10.3. The van der Waals surface area contributed by atoms with E-state index in [1.807, 2.05) is 6.07 Å². The Bertz CT molecular complexity index is 560.